The Kier molecular flexibility index (Phi) is 3.30. The van der Waals surface area contributed by atoms with Crippen LogP contribution in [0.5, 0.6) is 0 Å². The monoisotopic (exact) mass is 246 g/mol. The Bertz CT molecular complexity index is 453. The van der Waals surface area contributed by atoms with Crippen LogP contribution in [-0.2, 0) is 17.8 Å². The van der Waals surface area contributed by atoms with Crippen molar-refractivity contribution in [3.8, 4) is 0 Å². The zero-order valence-electron chi connectivity index (χ0n) is 10.4. The number of hydrogen-bond donors (Lipinski definition) is 1. The standard InChI is InChI=1S/C14H18N2O2/c17-14(16-8-1-2-9-18-16)13-5-3-4-11-10-15-7-6-12(11)13/h3-5,15H,1-2,6-10H2. The highest BCUT2D eigenvalue weighted by molar-refractivity contribution is 5.95. The van der Waals surface area contributed by atoms with E-state index in [1.54, 1.807) is 0 Å². The zero-order chi connectivity index (χ0) is 12.4. The molecule has 0 unspecified atom stereocenters. The first-order valence-corrected chi connectivity index (χ1v) is 6.62. The molecule has 96 valence electrons. The lowest BCUT2D eigenvalue weighted by atomic mass is 9.95. The van der Waals surface area contributed by atoms with E-state index >= 15 is 0 Å². The summed E-state index contributed by atoms with van der Waals surface area (Å²) < 4.78 is 0. The predicted molar refractivity (Wildman–Crippen MR) is 68.1 cm³/mol. The minimum absolute atomic E-state index is 0.0217. The summed E-state index contributed by atoms with van der Waals surface area (Å²) in [7, 11) is 0. The summed E-state index contributed by atoms with van der Waals surface area (Å²) in [5, 5.41) is 4.86. The van der Waals surface area contributed by atoms with Crippen molar-refractivity contribution in [2.75, 3.05) is 19.7 Å². The van der Waals surface area contributed by atoms with E-state index in [0.717, 1.165) is 37.9 Å². The molecular formula is C14H18N2O2. The maximum atomic E-state index is 12.5. The maximum absolute atomic E-state index is 12.5. The van der Waals surface area contributed by atoms with Gasteiger partial charge in [-0.2, -0.15) is 0 Å². The summed E-state index contributed by atoms with van der Waals surface area (Å²) in [5.41, 5.74) is 3.25. The SMILES string of the molecule is O=C(c1cccc2c1CCNC2)N1CCCCO1. The molecule has 3 rings (SSSR count). The summed E-state index contributed by atoms with van der Waals surface area (Å²) in [4.78, 5) is 17.9. The zero-order valence-corrected chi connectivity index (χ0v) is 10.4. The van der Waals surface area contributed by atoms with E-state index in [9.17, 15) is 4.79 Å². The van der Waals surface area contributed by atoms with Gasteiger partial charge in [-0.3, -0.25) is 9.63 Å². The van der Waals surface area contributed by atoms with E-state index in [4.69, 9.17) is 4.84 Å². The van der Waals surface area contributed by atoms with Crippen LogP contribution in [0.1, 0.15) is 34.3 Å². The summed E-state index contributed by atoms with van der Waals surface area (Å²) in [6.45, 7) is 3.17. The number of benzene rings is 1. The van der Waals surface area contributed by atoms with Crippen LogP contribution in [0.15, 0.2) is 18.2 Å². The molecule has 0 aliphatic carbocycles. The fourth-order valence-electron chi connectivity index (χ4n) is 2.62. The molecule has 2 heterocycles. The highest BCUT2D eigenvalue weighted by Gasteiger charge is 2.23. The summed E-state index contributed by atoms with van der Waals surface area (Å²) in [5.74, 6) is 0.0217. The van der Waals surface area contributed by atoms with Gasteiger partial charge >= 0.3 is 0 Å². The van der Waals surface area contributed by atoms with E-state index in [1.807, 2.05) is 12.1 Å². The summed E-state index contributed by atoms with van der Waals surface area (Å²) in [6, 6.07) is 5.97. The lowest BCUT2D eigenvalue weighted by Gasteiger charge is -2.28. The van der Waals surface area contributed by atoms with Crippen molar-refractivity contribution in [2.45, 2.75) is 25.8 Å². The number of hydroxylamine groups is 2. The van der Waals surface area contributed by atoms with Crippen LogP contribution in [0.4, 0.5) is 0 Å². The van der Waals surface area contributed by atoms with Gasteiger partial charge in [0.15, 0.2) is 0 Å². The van der Waals surface area contributed by atoms with Crippen molar-refractivity contribution in [1.82, 2.24) is 10.4 Å². The molecule has 1 amide bonds. The molecule has 1 saturated heterocycles. The molecule has 4 heteroatoms. The van der Waals surface area contributed by atoms with E-state index < -0.39 is 0 Å². The first kappa shape index (κ1) is 11.7. The number of rotatable bonds is 1. The average Bonchev–Trinajstić information content (AvgIpc) is 2.47. The average molecular weight is 246 g/mol. The Morgan fingerprint density at radius 2 is 2.28 bits per heavy atom. The Balaban J connectivity index is 1.89. The molecular weight excluding hydrogens is 228 g/mol. The van der Waals surface area contributed by atoms with Gasteiger partial charge < -0.3 is 5.32 Å². The number of nitrogens with zero attached hydrogens (tertiary/aromatic N) is 1. The number of fused-ring (bicyclic) bond motifs is 1. The van der Waals surface area contributed by atoms with Crippen molar-refractivity contribution in [1.29, 1.82) is 0 Å². The van der Waals surface area contributed by atoms with Crippen LogP contribution in [-0.4, -0.2) is 30.7 Å². The third-order valence-corrected chi connectivity index (χ3v) is 3.60. The quantitative estimate of drug-likeness (QED) is 0.816. The first-order chi connectivity index (χ1) is 8.86. The molecule has 1 N–H and O–H groups in total. The van der Waals surface area contributed by atoms with Crippen LogP contribution in [0.2, 0.25) is 0 Å². The van der Waals surface area contributed by atoms with Crippen molar-refractivity contribution in [3.63, 3.8) is 0 Å². The van der Waals surface area contributed by atoms with Gasteiger partial charge in [0.1, 0.15) is 0 Å². The molecule has 1 aromatic carbocycles. The second-order valence-electron chi connectivity index (χ2n) is 4.82. The smallest absolute Gasteiger partial charge is 0.277 e. The topological polar surface area (TPSA) is 41.6 Å². The van der Waals surface area contributed by atoms with Crippen molar-refractivity contribution < 1.29 is 9.63 Å². The summed E-state index contributed by atoms with van der Waals surface area (Å²) in [6.07, 6.45) is 2.99. The van der Waals surface area contributed by atoms with Gasteiger partial charge in [0.2, 0.25) is 0 Å². The highest BCUT2D eigenvalue weighted by Crippen LogP contribution is 2.21. The molecule has 0 radical (unpaired) electrons. The molecule has 18 heavy (non-hydrogen) atoms. The predicted octanol–water partition coefficient (Wildman–Crippen LogP) is 1.50. The van der Waals surface area contributed by atoms with Gasteiger partial charge in [0, 0.05) is 18.7 Å². The normalized spacial score (nSPS) is 19.4. The molecule has 2 aliphatic heterocycles. The van der Waals surface area contributed by atoms with E-state index in [-0.39, 0.29) is 5.91 Å². The second kappa shape index (κ2) is 5.08. The van der Waals surface area contributed by atoms with Gasteiger partial charge in [-0.15, -0.1) is 0 Å². The summed E-state index contributed by atoms with van der Waals surface area (Å²) >= 11 is 0. The fraction of sp³-hybridized carbons (Fsp3) is 0.500. The van der Waals surface area contributed by atoms with Crippen molar-refractivity contribution in [3.05, 3.63) is 34.9 Å². The third kappa shape index (κ3) is 2.13. The Morgan fingerprint density at radius 1 is 1.33 bits per heavy atom. The number of amides is 1. The molecule has 1 aromatic rings. The molecule has 2 aliphatic rings. The molecule has 0 bridgehead atoms. The second-order valence-corrected chi connectivity index (χ2v) is 4.82. The minimum atomic E-state index is 0.0217. The van der Waals surface area contributed by atoms with Gasteiger partial charge in [-0.05, 0) is 43.0 Å². The Labute approximate surface area is 107 Å². The van der Waals surface area contributed by atoms with Crippen LogP contribution < -0.4 is 5.32 Å². The van der Waals surface area contributed by atoms with Crippen molar-refractivity contribution >= 4 is 5.91 Å². The molecule has 0 atom stereocenters. The third-order valence-electron chi connectivity index (χ3n) is 3.60. The minimum Gasteiger partial charge on any atom is -0.312 e. The lowest BCUT2D eigenvalue weighted by molar-refractivity contribution is -0.144. The first-order valence-electron chi connectivity index (χ1n) is 6.62. The lowest BCUT2D eigenvalue weighted by Crippen LogP contribution is -2.37. The number of nitrogens with one attached hydrogen (secondary N) is 1. The van der Waals surface area contributed by atoms with Gasteiger partial charge in [0.25, 0.3) is 5.91 Å². The molecule has 0 saturated carbocycles. The maximum Gasteiger partial charge on any atom is 0.277 e. The van der Waals surface area contributed by atoms with Gasteiger partial charge in [0.05, 0.1) is 6.61 Å². The number of hydrogen-bond acceptors (Lipinski definition) is 3. The highest BCUT2D eigenvalue weighted by atomic mass is 16.7. The largest absolute Gasteiger partial charge is 0.312 e. The molecule has 4 nitrogen and oxygen atoms in total. The van der Waals surface area contributed by atoms with Crippen LogP contribution >= 0.6 is 0 Å². The van der Waals surface area contributed by atoms with Crippen LogP contribution in [0, 0.1) is 0 Å². The number of carbonyl (C=O) groups is 1. The van der Waals surface area contributed by atoms with Crippen LogP contribution in [0.3, 0.4) is 0 Å². The molecule has 1 fully saturated rings. The molecule has 0 aromatic heterocycles. The number of carbonyl (C=O) groups excluding carboxylic acids is 1. The van der Waals surface area contributed by atoms with Crippen LogP contribution in [0.25, 0.3) is 0 Å². The van der Waals surface area contributed by atoms with Gasteiger partial charge in [-0.25, -0.2) is 5.06 Å². The van der Waals surface area contributed by atoms with E-state index in [2.05, 4.69) is 11.4 Å². The van der Waals surface area contributed by atoms with E-state index in [1.165, 1.54) is 16.2 Å². The molecule has 0 spiro atoms. The van der Waals surface area contributed by atoms with Crippen molar-refractivity contribution in [2.24, 2.45) is 0 Å². The van der Waals surface area contributed by atoms with E-state index in [0.29, 0.717) is 13.2 Å². The Morgan fingerprint density at radius 3 is 3.11 bits per heavy atom. The fourth-order valence-corrected chi connectivity index (χ4v) is 2.62. The van der Waals surface area contributed by atoms with Gasteiger partial charge in [-0.1, -0.05) is 12.1 Å². The Hall–Kier alpha value is -1.39.